The van der Waals surface area contributed by atoms with Crippen molar-refractivity contribution in [2.75, 3.05) is 25.5 Å². The fourth-order valence-corrected chi connectivity index (χ4v) is 7.94. The van der Waals surface area contributed by atoms with E-state index in [4.69, 9.17) is 10.5 Å². The van der Waals surface area contributed by atoms with Gasteiger partial charge in [-0.05, 0) is 42.3 Å². The number of anilines is 1. The quantitative estimate of drug-likeness (QED) is 0.289. The summed E-state index contributed by atoms with van der Waals surface area (Å²) >= 11 is 1.39. The van der Waals surface area contributed by atoms with E-state index in [1.54, 1.807) is 23.8 Å². The summed E-state index contributed by atoms with van der Waals surface area (Å²) in [5.41, 5.74) is 8.48. The van der Waals surface area contributed by atoms with Crippen LogP contribution in [0.5, 0.6) is 5.75 Å². The predicted molar refractivity (Wildman–Crippen MR) is 150 cm³/mol. The molecule has 2 saturated heterocycles. The van der Waals surface area contributed by atoms with Gasteiger partial charge in [-0.15, -0.1) is 0 Å². The van der Waals surface area contributed by atoms with Gasteiger partial charge in [0.05, 0.1) is 18.8 Å². The second-order valence-electron chi connectivity index (χ2n) is 10.1. The minimum absolute atomic E-state index is 0.0175. The number of nitrogens with zero attached hydrogens (tertiary/aromatic N) is 4. The van der Waals surface area contributed by atoms with Gasteiger partial charge in [-0.1, -0.05) is 24.3 Å². The van der Waals surface area contributed by atoms with Gasteiger partial charge in [0.1, 0.15) is 11.9 Å². The number of thiophene rings is 1. The van der Waals surface area contributed by atoms with Crippen LogP contribution in [-0.4, -0.2) is 81.5 Å². The van der Waals surface area contributed by atoms with Crippen LogP contribution in [0.2, 0.25) is 0 Å². The van der Waals surface area contributed by atoms with E-state index >= 15 is 0 Å². The Morgan fingerprint density at radius 2 is 1.95 bits per heavy atom. The summed E-state index contributed by atoms with van der Waals surface area (Å²) in [6.07, 6.45) is -1.63. The number of ether oxygens (including phenoxy) is 1. The van der Waals surface area contributed by atoms with Gasteiger partial charge in [0, 0.05) is 43.5 Å². The van der Waals surface area contributed by atoms with Crippen LogP contribution in [0.4, 0.5) is 5.82 Å². The maximum Gasteiger partial charge on any atom is 0.284 e. The lowest BCUT2D eigenvalue weighted by atomic mass is 9.97. The molecular formula is C26H34N6O6S2. The Hall–Kier alpha value is -2.85. The van der Waals surface area contributed by atoms with Gasteiger partial charge in [0.25, 0.3) is 16.1 Å². The Kier molecular flexibility index (Phi) is 8.29. The van der Waals surface area contributed by atoms with Crippen LogP contribution >= 0.6 is 11.3 Å². The number of aliphatic hydroxyl groups is 2. The number of benzene rings is 1. The Bertz CT molecular complexity index is 1440. The summed E-state index contributed by atoms with van der Waals surface area (Å²) in [5, 5.41) is 32.3. The molecule has 0 radical (unpaired) electrons. The van der Waals surface area contributed by atoms with E-state index in [0.29, 0.717) is 42.3 Å². The normalized spacial score (nSPS) is 24.0. The van der Waals surface area contributed by atoms with Crippen molar-refractivity contribution in [2.24, 2.45) is 5.73 Å². The van der Waals surface area contributed by atoms with Crippen molar-refractivity contribution in [3.05, 3.63) is 63.5 Å². The molecule has 2 aliphatic rings. The number of carbonyl (C=O) groups is 1. The van der Waals surface area contributed by atoms with Gasteiger partial charge < -0.3 is 26.0 Å². The third-order valence-electron chi connectivity index (χ3n) is 7.56. The average Bonchev–Trinajstić information content (AvgIpc) is 3.74. The van der Waals surface area contributed by atoms with Crippen LogP contribution in [-0.2, 0) is 23.3 Å². The first-order valence-corrected chi connectivity index (χ1v) is 15.4. The third kappa shape index (κ3) is 5.28. The van der Waals surface area contributed by atoms with Gasteiger partial charge in [0.2, 0.25) is 0 Å². The molecule has 4 heterocycles. The Labute approximate surface area is 237 Å². The van der Waals surface area contributed by atoms with Crippen LogP contribution in [0.15, 0.2) is 41.1 Å². The van der Waals surface area contributed by atoms with Crippen molar-refractivity contribution in [1.82, 2.24) is 18.4 Å². The zero-order valence-electron chi connectivity index (χ0n) is 22.3. The molecule has 0 saturated carbocycles. The second-order valence-corrected chi connectivity index (χ2v) is 12.7. The molecule has 216 valence electrons. The Balaban J connectivity index is 1.50. The number of carbonyl (C=O) groups excluding carboxylic acids is 1. The topological polar surface area (TPSA) is 163 Å². The van der Waals surface area contributed by atoms with Crippen molar-refractivity contribution in [3.63, 3.8) is 0 Å². The van der Waals surface area contributed by atoms with Gasteiger partial charge >= 0.3 is 0 Å². The van der Waals surface area contributed by atoms with E-state index in [1.807, 2.05) is 24.3 Å². The largest absolute Gasteiger partial charge is 0.491 e. The molecule has 0 aliphatic carbocycles. The second kappa shape index (κ2) is 11.6. The molecule has 5 rings (SSSR count). The molecule has 4 unspecified atom stereocenters. The van der Waals surface area contributed by atoms with E-state index in [-0.39, 0.29) is 25.4 Å². The molecule has 2 fully saturated rings. The number of hydrogen-bond donors (Lipinski definition) is 4. The third-order valence-corrected chi connectivity index (χ3v) is 10.3. The molecule has 0 bridgehead atoms. The van der Waals surface area contributed by atoms with E-state index in [2.05, 4.69) is 10.4 Å². The minimum atomic E-state index is -4.05. The van der Waals surface area contributed by atoms with Gasteiger partial charge in [-0.25, -0.2) is 0 Å². The lowest BCUT2D eigenvalue weighted by Gasteiger charge is -2.29. The Morgan fingerprint density at radius 3 is 2.55 bits per heavy atom. The fraction of sp³-hybridized carbons (Fsp3) is 0.462. The van der Waals surface area contributed by atoms with Crippen molar-refractivity contribution in [2.45, 2.75) is 57.1 Å². The standard InChI is InChI=1S/C26H34N6O6S2/c1-16-21(11-22(34)32(16)40(36,37)30-9-7-20(33)14-30)23-24(38-2)25(28-13-18-5-3-17(12-27)4-6-18)31(29-23)26(35)19-8-10-39-15-19/h3-6,8,10,15-16,20-22,28,33-34H,7,9,11-14,27H2,1-2H3. The van der Waals surface area contributed by atoms with Crippen molar-refractivity contribution in [3.8, 4) is 5.75 Å². The molecule has 4 atom stereocenters. The van der Waals surface area contributed by atoms with Crippen molar-refractivity contribution < 1.29 is 28.2 Å². The molecule has 1 aromatic carbocycles. The van der Waals surface area contributed by atoms with Crippen LogP contribution < -0.4 is 15.8 Å². The number of methoxy groups -OCH3 is 1. The summed E-state index contributed by atoms with van der Waals surface area (Å²) in [6, 6.07) is 8.77. The van der Waals surface area contributed by atoms with Crippen LogP contribution in [0.25, 0.3) is 0 Å². The number of nitrogens with one attached hydrogen (secondary N) is 1. The first-order chi connectivity index (χ1) is 19.1. The predicted octanol–water partition coefficient (Wildman–Crippen LogP) is 1.52. The molecular weight excluding hydrogens is 556 g/mol. The molecule has 40 heavy (non-hydrogen) atoms. The van der Waals surface area contributed by atoms with Crippen molar-refractivity contribution >= 4 is 33.3 Å². The molecule has 12 nitrogen and oxygen atoms in total. The highest BCUT2D eigenvalue weighted by atomic mass is 32.2. The summed E-state index contributed by atoms with van der Waals surface area (Å²) in [4.78, 5) is 13.5. The number of aromatic nitrogens is 2. The van der Waals surface area contributed by atoms with Crippen LogP contribution in [0.1, 0.15) is 52.9 Å². The zero-order chi connectivity index (χ0) is 28.6. The molecule has 3 aromatic rings. The maximum absolute atomic E-state index is 13.5. The lowest BCUT2D eigenvalue weighted by molar-refractivity contribution is 0.0774. The van der Waals surface area contributed by atoms with Gasteiger partial charge in [0.15, 0.2) is 11.6 Å². The highest BCUT2D eigenvalue weighted by molar-refractivity contribution is 7.86. The molecule has 2 aromatic heterocycles. The number of rotatable bonds is 9. The summed E-state index contributed by atoms with van der Waals surface area (Å²) in [7, 11) is -2.58. The monoisotopic (exact) mass is 590 g/mol. The van der Waals surface area contributed by atoms with E-state index in [0.717, 1.165) is 15.4 Å². The van der Waals surface area contributed by atoms with Gasteiger partial charge in [-0.3, -0.25) is 4.79 Å². The van der Waals surface area contributed by atoms with Gasteiger partial charge in [-0.2, -0.15) is 38.1 Å². The summed E-state index contributed by atoms with van der Waals surface area (Å²) in [5.74, 6) is -0.286. The highest BCUT2D eigenvalue weighted by Gasteiger charge is 2.50. The molecule has 14 heteroatoms. The lowest BCUT2D eigenvalue weighted by Crippen LogP contribution is -2.48. The minimum Gasteiger partial charge on any atom is -0.491 e. The first-order valence-electron chi connectivity index (χ1n) is 13.1. The maximum atomic E-state index is 13.5. The summed E-state index contributed by atoms with van der Waals surface area (Å²) in [6.45, 7) is 2.66. The molecule has 0 amide bonds. The van der Waals surface area contributed by atoms with E-state index in [9.17, 15) is 23.4 Å². The Morgan fingerprint density at radius 1 is 1.23 bits per heavy atom. The fourth-order valence-electron chi connectivity index (χ4n) is 5.39. The van der Waals surface area contributed by atoms with Crippen LogP contribution in [0, 0.1) is 0 Å². The number of β-amino-alcohol motifs (C(OH)–C–C–N with tert-alkyl or cyclic N) is 1. The van der Waals surface area contributed by atoms with Crippen LogP contribution in [0.3, 0.4) is 0 Å². The molecule has 2 aliphatic heterocycles. The number of hydrogen-bond acceptors (Lipinski definition) is 10. The zero-order valence-corrected chi connectivity index (χ0v) is 23.9. The number of aliphatic hydroxyl groups excluding tert-OH is 2. The van der Waals surface area contributed by atoms with E-state index < -0.39 is 34.5 Å². The van der Waals surface area contributed by atoms with Crippen molar-refractivity contribution in [1.29, 1.82) is 0 Å². The molecule has 0 spiro atoms. The number of nitrogens with two attached hydrogens (primary N) is 1. The molecule has 5 N–H and O–H groups in total. The summed E-state index contributed by atoms with van der Waals surface area (Å²) < 4.78 is 36.1. The smallest absolute Gasteiger partial charge is 0.284 e. The van der Waals surface area contributed by atoms with E-state index in [1.165, 1.54) is 27.4 Å². The highest BCUT2D eigenvalue weighted by Crippen LogP contribution is 2.44. The first kappa shape index (κ1) is 28.7. The average molecular weight is 591 g/mol. The SMILES string of the molecule is COc1c(C2CC(O)N(S(=O)(=O)N3CCC(O)C3)C2C)nn(C(=O)c2ccsc2)c1NCc1ccc(CN)cc1.